The predicted molar refractivity (Wildman–Crippen MR) is 79.3 cm³/mol. The van der Waals surface area contributed by atoms with Crippen molar-refractivity contribution < 1.29 is 0 Å². The fraction of sp³-hybridized carbons (Fsp3) is 0.154. The maximum Gasteiger partial charge on any atom is 0.203 e. The molecule has 0 bridgehead atoms. The molecule has 2 heterocycles. The lowest BCUT2D eigenvalue weighted by molar-refractivity contribution is 0.872. The zero-order valence-corrected chi connectivity index (χ0v) is 12.1. The molecule has 0 fully saturated rings. The number of fused-ring (bicyclic) bond motifs is 1. The van der Waals surface area contributed by atoms with E-state index in [9.17, 15) is 0 Å². The van der Waals surface area contributed by atoms with E-state index in [1.807, 2.05) is 19.1 Å². The Bertz CT molecular complexity index is 755. The molecule has 20 heavy (non-hydrogen) atoms. The van der Waals surface area contributed by atoms with E-state index in [2.05, 4.69) is 20.5 Å². The van der Waals surface area contributed by atoms with Gasteiger partial charge in [-0.15, -0.1) is 10.2 Å². The van der Waals surface area contributed by atoms with Gasteiger partial charge in [-0.1, -0.05) is 29.3 Å². The zero-order valence-electron chi connectivity index (χ0n) is 10.6. The topological polar surface area (TPSA) is 55.1 Å². The second kappa shape index (κ2) is 5.26. The number of nitrogens with one attached hydrogen (secondary N) is 1. The van der Waals surface area contributed by atoms with Crippen LogP contribution in [0.5, 0.6) is 0 Å². The average Bonchev–Trinajstić information content (AvgIpc) is 2.87. The third-order valence-electron chi connectivity index (χ3n) is 3.00. The predicted octanol–water partition coefficient (Wildman–Crippen LogP) is 3.60. The molecule has 0 aliphatic carbocycles. The fourth-order valence-corrected chi connectivity index (χ4v) is 2.57. The van der Waals surface area contributed by atoms with Gasteiger partial charge in [0.2, 0.25) is 5.65 Å². The molecule has 0 saturated heterocycles. The summed E-state index contributed by atoms with van der Waals surface area (Å²) in [6, 6.07) is 5.40. The highest BCUT2D eigenvalue weighted by Gasteiger charge is 2.13. The Kier molecular flexibility index (Phi) is 3.46. The third-order valence-corrected chi connectivity index (χ3v) is 3.56. The smallest absolute Gasteiger partial charge is 0.203 e. The van der Waals surface area contributed by atoms with Gasteiger partial charge in [0, 0.05) is 22.4 Å². The van der Waals surface area contributed by atoms with Crippen molar-refractivity contribution in [2.24, 2.45) is 0 Å². The first-order valence-corrected chi connectivity index (χ1v) is 6.76. The first-order chi connectivity index (χ1) is 9.65. The van der Waals surface area contributed by atoms with Gasteiger partial charge in [-0.25, -0.2) is 4.98 Å². The minimum Gasteiger partial charge on any atom is -0.360 e. The normalized spacial score (nSPS) is 12.6. The molecule has 3 rings (SSSR count). The number of nitrogens with zero attached hydrogens (tertiary/aromatic N) is 4. The van der Waals surface area contributed by atoms with Gasteiger partial charge in [0.05, 0.1) is 6.04 Å². The summed E-state index contributed by atoms with van der Waals surface area (Å²) in [5.74, 6) is 0.656. The van der Waals surface area contributed by atoms with Crippen molar-refractivity contribution in [1.29, 1.82) is 0 Å². The zero-order chi connectivity index (χ0) is 14.1. The van der Waals surface area contributed by atoms with Crippen molar-refractivity contribution in [3.8, 4) is 0 Å². The van der Waals surface area contributed by atoms with Gasteiger partial charge in [-0.05, 0) is 24.6 Å². The summed E-state index contributed by atoms with van der Waals surface area (Å²) in [4.78, 5) is 4.29. The van der Waals surface area contributed by atoms with Crippen LogP contribution in [-0.2, 0) is 0 Å². The lowest BCUT2D eigenvalue weighted by atomic mass is 10.1. The molecule has 0 aliphatic heterocycles. The minimum absolute atomic E-state index is 0.0323. The molecule has 0 spiro atoms. The molecule has 1 unspecified atom stereocenters. The molecule has 0 amide bonds. The van der Waals surface area contributed by atoms with Crippen molar-refractivity contribution in [2.75, 3.05) is 5.32 Å². The van der Waals surface area contributed by atoms with Gasteiger partial charge in [-0.2, -0.15) is 0 Å². The first kappa shape index (κ1) is 13.1. The maximum atomic E-state index is 6.21. The van der Waals surface area contributed by atoms with Crippen LogP contribution < -0.4 is 5.32 Å². The molecule has 1 N–H and O–H groups in total. The number of hydrogen-bond acceptors (Lipinski definition) is 4. The summed E-state index contributed by atoms with van der Waals surface area (Å²) < 4.78 is 1.80. The van der Waals surface area contributed by atoms with Crippen LogP contribution in [0.15, 0.2) is 36.9 Å². The highest BCUT2D eigenvalue weighted by Crippen LogP contribution is 2.28. The van der Waals surface area contributed by atoms with Crippen molar-refractivity contribution in [3.63, 3.8) is 0 Å². The Balaban J connectivity index is 1.92. The van der Waals surface area contributed by atoms with E-state index in [-0.39, 0.29) is 6.04 Å². The summed E-state index contributed by atoms with van der Waals surface area (Å²) in [6.45, 7) is 2.00. The largest absolute Gasteiger partial charge is 0.360 e. The van der Waals surface area contributed by atoms with E-state index in [1.165, 1.54) is 0 Å². The molecule has 0 aliphatic rings. The van der Waals surface area contributed by atoms with Crippen LogP contribution in [-0.4, -0.2) is 19.6 Å². The SMILES string of the molecule is CC(Nc1nccn2cnnc12)c1ccc(Cl)cc1Cl. The van der Waals surface area contributed by atoms with Gasteiger partial charge in [0.1, 0.15) is 6.33 Å². The molecule has 0 radical (unpaired) electrons. The van der Waals surface area contributed by atoms with Gasteiger partial charge < -0.3 is 5.32 Å². The van der Waals surface area contributed by atoms with Gasteiger partial charge in [0.15, 0.2) is 5.82 Å². The Labute approximate surface area is 125 Å². The van der Waals surface area contributed by atoms with Gasteiger partial charge in [0.25, 0.3) is 0 Å². The number of benzene rings is 1. The minimum atomic E-state index is -0.0323. The fourth-order valence-electron chi connectivity index (χ4n) is 2.00. The highest BCUT2D eigenvalue weighted by atomic mass is 35.5. The molecule has 102 valence electrons. The molecule has 5 nitrogen and oxygen atoms in total. The molecule has 3 aromatic rings. The van der Waals surface area contributed by atoms with Crippen LogP contribution in [0, 0.1) is 0 Å². The van der Waals surface area contributed by atoms with Crippen LogP contribution in [0.4, 0.5) is 5.82 Å². The van der Waals surface area contributed by atoms with Crippen molar-refractivity contribution in [2.45, 2.75) is 13.0 Å². The Morgan fingerprint density at radius 3 is 2.95 bits per heavy atom. The van der Waals surface area contributed by atoms with Crippen LogP contribution >= 0.6 is 23.2 Å². The summed E-state index contributed by atoms with van der Waals surface area (Å²) in [7, 11) is 0. The maximum absolute atomic E-state index is 6.21. The summed E-state index contributed by atoms with van der Waals surface area (Å²) in [5, 5.41) is 12.4. The van der Waals surface area contributed by atoms with Crippen molar-refractivity contribution >= 4 is 34.7 Å². The van der Waals surface area contributed by atoms with E-state index in [4.69, 9.17) is 23.2 Å². The second-order valence-electron chi connectivity index (χ2n) is 4.37. The number of anilines is 1. The molecule has 0 saturated carbocycles. The van der Waals surface area contributed by atoms with Crippen LogP contribution in [0.3, 0.4) is 0 Å². The molecular formula is C13H11Cl2N5. The van der Waals surface area contributed by atoms with Gasteiger partial charge >= 0.3 is 0 Å². The number of aromatic nitrogens is 4. The Hall–Kier alpha value is -1.85. The molecule has 2 aromatic heterocycles. The van der Waals surface area contributed by atoms with E-state index in [0.717, 1.165) is 5.56 Å². The lowest BCUT2D eigenvalue weighted by Crippen LogP contribution is -2.09. The molecular weight excluding hydrogens is 297 g/mol. The summed E-state index contributed by atoms with van der Waals surface area (Å²) >= 11 is 12.1. The van der Waals surface area contributed by atoms with E-state index >= 15 is 0 Å². The molecule has 1 atom stereocenters. The van der Waals surface area contributed by atoms with Crippen LogP contribution in [0.1, 0.15) is 18.5 Å². The Morgan fingerprint density at radius 2 is 2.15 bits per heavy atom. The van der Waals surface area contributed by atoms with Crippen LogP contribution in [0.2, 0.25) is 10.0 Å². The molecule has 7 heteroatoms. The quantitative estimate of drug-likeness (QED) is 0.803. The van der Waals surface area contributed by atoms with Gasteiger partial charge in [-0.3, -0.25) is 4.40 Å². The van der Waals surface area contributed by atoms with E-state index in [1.54, 1.807) is 29.2 Å². The third kappa shape index (κ3) is 2.42. The second-order valence-corrected chi connectivity index (χ2v) is 5.21. The van der Waals surface area contributed by atoms with Crippen molar-refractivity contribution in [1.82, 2.24) is 19.6 Å². The standard InChI is InChI=1S/C13H11Cl2N5/c1-8(10-3-2-9(14)6-11(10)15)18-12-13-19-17-7-20(13)5-4-16-12/h2-8H,1H3,(H,16,18). The highest BCUT2D eigenvalue weighted by molar-refractivity contribution is 6.35. The number of hydrogen-bond donors (Lipinski definition) is 1. The van der Waals surface area contributed by atoms with Crippen LogP contribution in [0.25, 0.3) is 5.65 Å². The first-order valence-electron chi connectivity index (χ1n) is 6.01. The molecule has 1 aromatic carbocycles. The lowest BCUT2D eigenvalue weighted by Gasteiger charge is -2.16. The van der Waals surface area contributed by atoms with Crippen molar-refractivity contribution in [3.05, 3.63) is 52.5 Å². The monoisotopic (exact) mass is 307 g/mol. The van der Waals surface area contributed by atoms with E-state index < -0.39 is 0 Å². The Morgan fingerprint density at radius 1 is 1.30 bits per heavy atom. The van der Waals surface area contributed by atoms with E-state index in [0.29, 0.717) is 21.5 Å². The summed E-state index contributed by atoms with van der Waals surface area (Å²) in [5.41, 5.74) is 1.61. The number of halogens is 2. The number of rotatable bonds is 3. The average molecular weight is 308 g/mol. The summed E-state index contributed by atoms with van der Waals surface area (Å²) in [6.07, 6.45) is 5.11.